The monoisotopic (exact) mass is 548 g/mol. The first kappa shape index (κ1) is 25.4. The number of nitriles is 3. The maximum Gasteiger partial charge on any atom is 0.160 e. The first-order valence-corrected chi connectivity index (χ1v) is 13.6. The molecule has 7 aromatic rings. The first-order valence-electron chi connectivity index (χ1n) is 13.6. The molecule has 0 N–H and O–H groups in total. The lowest BCUT2D eigenvalue weighted by Gasteiger charge is -2.13. The van der Waals surface area contributed by atoms with Crippen molar-refractivity contribution in [2.45, 2.75) is 0 Å². The van der Waals surface area contributed by atoms with Crippen molar-refractivity contribution in [2.75, 3.05) is 0 Å². The fraction of sp³-hybridized carbons (Fsp3) is 0. The van der Waals surface area contributed by atoms with Crippen molar-refractivity contribution in [3.05, 3.63) is 138 Å². The van der Waals surface area contributed by atoms with E-state index in [1.807, 2.05) is 108 Å². The second kappa shape index (κ2) is 10.5. The van der Waals surface area contributed by atoms with Crippen LogP contribution in [0.15, 0.2) is 121 Å². The zero-order valence-corrected chi connectivity index (χ0v) is 22.7. The van der Waals surface area contributed by atoms with Crippen LogP contribution in [0, 0.1) is 34.0 Å². The van der Waals surface area contributed by atoms with E-state index in [2.05, 4.69) is 18.2 Å². The van der Waals surface area contributed by atoms with Crippen LogP contribution in [0.1, 0.15) is 16.7 Å². The Balaban J connectivity index is 1.50. The fourth-order valence-electron chi connectivity index (χ4n) is 5.46. The van der Waals surface area contributed by atoms with E-state index in [0.29, 0.717) is 28.2 Å². The van der Waals surface area contributed by atoms with Crippen LogP contribution in [0.4, 0.5) is 0 Å². The summed E-state index contributed by atoms with van der Waals surface area (Å²) in [6.45, 7) is 0. The lowest BCUT2D eigenvalue weighted by molar-refractivity contribution is 1.15. The molecule has 6 nitrogen and oxygen atoms in total. The zero-order chi connectivity index (χ0) is 29.3. The smallest absolute Gasteiger partial charge is 0.160 e. The highest BCUT2D eigenvalue weighted by molar-refractivity contribution is 6.10. The molecule has 0 aliphatic heterocycles. The number of hydrogen-bond donors (Lipinski definition) is 0. The Morgan fingerprint density at radius 2 is 1.02 bits per heavy atom. The minimum absolute atomic E-state index is 0.471. The van der Waals surface area contributed by atoms with Crippen molar-refractivity contribution in [3.8, 4) is 57.8 Å². The molecule has 5 aromatic carbocycles. The largest absolute Gasteiger partial charge is 0.308 e. The van der Waals surface area contributed by atoms with E-state index in [0.717, 1.165) is 49.9 Å². The number of benzene rings is 5. The summed E-state index contributed by atoms with van der Waals surface area (Å²) in [6, 6.07) is 45.3. The number of rotatable bonds is 4. The standard InChI is InChI=1S/C37H20N6/c38-21-24-11-15-34-30(17-24)31-18-25(22-39)12-16-35(31)43(34)36-19-28(13-14-29(36)23-40)37-41-32(26-7-3-1-4-8-26)20-33(42-37)27-9-5-2-6-10-27/h1-20H. The normalized spacial score (nSPS) is 10.7. The molecule has 0 unspecified atom stereocenters. The molecule has 0 amide bonds. The molecule has 0 bridgehead atoms. The molecule has 0 atom stereocenters. The molecule has 2 heterocycles. The van der Waals surface area contributed by atoms with Crippen LogP contribution in [0.25, 0.3) is 61.4 Å². The molecule has 6 heteroatoms. The summed E-state index contributed by atoms with van der Waals surface area (Å²) >= 11 is 0. The van der Waals surface area contributed by atoms with Gasteiger partial charge in [0.05, 0.1) is 56.9 Å². The van der Waals surface area contributed by atoms with Gasteiger partial charge in [0.2, 0.25) is 0 Å². The van der Waals surface area contributed by atoms with Gasteiger partial charge in [-0.2, -0.15) is 15.8 Å². The van der Waals surface area contributed by atoms with Crippen LogP contribution in [-0.4, -0.2) is 14.5 Å². The quantitative estimate of drug-likeness (QED) is 0.221. The second-order valence-electron chi connectivity index (χ2n) is 10.1. The fourth-order valence-corrected chi connectivity index (χ4v) is 5.46. The highest BCUT2D eigenvalue weighted by Crippen LogP contribution is 2.36. The van der Waals surface area contributed by atoms with Gasteiger partial charge >= 0.3 is 0 Å². The van der Waals surface area contributed by atoms with Crippen molar-refractivity contribution >= 4 is 21.8 Å². The molecule has 7 rings (SSSR count). The third kappa shape index (κ3) is 4.45. The predicted molar refractivity (Wildman–Crippen MR) is 167 cm³/mol. The highest BCUT2D eigenvalue weighted by atomic mass is 15.0. The van der Waals surface area contributed by atoms with Crippen LogP contribution in [0.3, 0.4) is 0 Å². The molecule has 0 aliphatic rings. The van der Waals surface area contributed by atoms with E-state index >= 15 is 0 Å². The Hall–Kier alpha value is -6.55. The summed E-state index contributed by atoms with van der Waals surface area (Å²) in [4.78, 5) is 9.94. The van der Waals surface area contributed by atoms with E-state index in [1.54, 1.807) is 18.2 Å². The van der Waals surface area contributed by atoms with Gasteiger partial charge in [0.1, 0.15) is 6.07 Å². The van der Waals surface area contributed by atoms with Crippen LogP contribution in [0.2, 0.25) is 0 Å². The topological polar surface area (TPSA) is 102 Å². The Morgan fingerprint density at radius 1 is 0.488 bits per heavy atom. The number of fused-ring (bicyclic) bond motifs is 3. The molecule has 198 valence electrons. The van der Waals surface area contributed by atoms with Gasteiger partial charge in [-0.25, -0.2) is 9.97 Å². The summed E-state index contributed by atoms with van der Waals surface area (Å²) in [5, 5.41) is 31.0. The van der Waals surface area contributed by atoms with Crippen molar-refractivity contribution in [1.29, 1.82) is 15.8 Å². The predicted octanol–water partition coefficient (Wildman–Crippen LogP) is 8.19. The van der Waals surface area contributed by atoms with Crippen molar-refractivity contribution in [3.63, 3.8) is 0 Å². The molecule has 43 heavy (non-hydrogen) atoms. The van der Waals surface area contributed by atoms with Crippen LogP contribution < -0.4 is 0 Å². The van der Waals surface area contributed by atoms with E-state index in [9.17, 15) is 15.8 Å². The SMILES string of the molecule is N#Cc1ccc2c(c1)c1cc(C#N)ccc1n2-c1cc(-c2nc(-c3ccccc3)cc(-c3ccccc3)n2)ccc1C#N. The molecule has 2 aromatic heterocycles. The Kier molecular flexibility index (Phi) is 6.18. The lowest BCUT2D eigenvalue weighted by atomic mass is 10.1. The van der Waals surface area contributed by atoms with E-state index < -0.39 is 0 Å². The molecule has 0 spiro atoms. The molecule has 0 radical (unpaired) electrons. The van der Waals surface area contributed by atoms with Crippen LogP contribution >= 0.6 is 0 Å². The number of hydrogen-bond acceptors (Lipinski definition) is 5. The summed E-state index contributed by atoms with van der Waals surface area (Å²) in [5.41, 5.74) is 8.08. The van der Waals surface area contributed by atoms with Gasteiger partial charge in [0.15, 0.2) is 5.82 Å². The van der Waals surface area contributed by atoms with Crippen molar-refractivity contribution < 1.29 is 0 Å². The third-order valence-electron chi connectivity index (χ3n) is 7.51. The average Bonchev–Trinajstić information content (AvgIpc) is 3.41. The molecule has 0 aliphatic carbocycles. The molecule has 0 fully saturated rings. The second-order valence-corrected chi connectivity index (χ2v) is 10.1. The summed E-state index contributed by atoms with van der Waals surface area (Å²) in [7, 11) is 0. The van der Waals surface area contributed by atoms with Gasteiger partial charge in [0, 0.05) is 27.5 Å². The van der Waals surface area contributed by atoms with Gasteiger partial charge in [-0.05, 0) is 60.7 Å². The van der Waals surface area contributed by atoms with Gasteiger partial charge < -0.3 is 4.57 Å². The minimum Gasteiger partial charge on any atom is -0.308 e. The average molecular weight is 549 g/mol. The molecule has 0 saturated carbocycles. The molecular formula is C37H20N6. The Labute approximate surface area is 247 Å². The van der Waals surface area contributed by atoms with Gasteiger partial charge in [-0.1, -0.05) is 60.7 Å². The van der Waals surface area contributed by atoms with Gasteiger partial charge in [-0.15, -0.1) is 0 Å². The summed E-state index contributed by atoms with van der Waals surface area (Å²) < 4.78 is 2.01. The van der Waals surface area contributed by atoms with E-state index in [1.165, 1.54) is 0 Å². The molecular weight excluding hydrogens is 528 g/mol. The van der Waals surface area contributed by atoms with Crippen LogP contribution in [0.5, 0.6) is 0 Å². The summed E-state index contributed by atoms with van der Waals surface area (Å²) in [6.07, 6.45) is 0. The molecule has 0 saturated heterocycles. The maximum absolute atomic E-state index is 10.2. The lowest BCUT2D eigenvalue weighted by Crippen LogP contribution is -2.00. The van der Waals surface area contributed by atoms with E-state index in [-0.39, 0.29) is 0 Å². The Morgan fingerprint density at radius 3 is 1.51 bits per heavy atom. The van der Waals surface area contributed by atoms with Gasteiger partial charge in [-0.3, -0.25) is 0 Å². The Bertz CT molecular complexity index is 2190. The zero-order valence-electron chi connectivity index (χ0n) is 22.7. The third-order valence-corrected chi connectivity index (χ3v) is 7.51. The maximum atomic E-state index is 10.2. The van der Waals surface area contributed by atoms with Gasteiger partial charge in [0.25, 0.3) is 0 Å². The number of nitrogens with zero attached hydrogens (tertiary/aromatic N) is 6. The van der Waals surface area contributed by atoms with E-state index in [4.69, 9.17) is 9.97 Å². The summed E-state index contributed by atoms with van der Waals surface area (Å²) in [5.74, 6) is 0.533. The minimum atomic E-state index is 0.471. The highest BCUT2D eigenvalue weighted by Gasteiger charge is 2.18. The van der Waals surface area contributed by atoms with Crippen molar-refractivity contribution in [2.24, 2.45) is 0 Å². The first-order chi connectivity index (χ1) is 21.2. The number of aromatic nitrogens is 3. The van der Waals surface area contributed by atoms with Crippen molar-refractivity contribution in [1.82, 2.24) is 14.5 Å². The van der Waals surface area contributed by atoms with Crippen LogP contribution in [-0.2, 0) is 0 Å².